The molecule has 3 atom stereocenters. The van der Waals surface area contributed by atoms with Gasteiger partial charge in [0.2, 0.25) is 0 Å². The zero-order valence-corrected chi connectivity index (χ0v) is 11.5. The normalized spacial score (nSPS) is 25.9. The van der Waals surface area contributed by atoms with Gasteiger partial charge in [-0.25, -0.2) is 4.39 Å². The summed E-state index contributed by atoms with van der Waals surface area (Å²) in [5.74, 6) is 0.303. The third kappa shape index (κ3) is 2.91. The summed E-state index contributed by atoms with van der Waals surface area (Å²) in [7, 11) is -1.10. The lowest BCUT2D eigenvalue weighted by Gasteiger charge is -2.28. The minimum Gasteiger partial charge on any atom is -0.398 e. The Hall–Kier alpha value is -0.900. The lowest BCUT2D eigenvalue weighted by Crippen LogP contribution is -2.24. The van der Waals surface area contributed by atoms with Crippen LogP contribution in [0.25, 0.3) is 0 Å². The first-order chi connectivity index (χ1) is 8.61. The first-order valence-corrected chi connectivity index (χ1v) is 7.78. The first kappa shape index (κ1) is 13.5. The van der Waals surface area contributed by atoms with Gasteiger partial charge in [-0.2, -0.15) is 0 Å². The van der Waals surface area contributed by atoms with E-state index in [9.17, 15) is 8.60 Å². The van der Waals surface area contributed by atoms with Crippen molar-refractivity contribution in [1.29, 1.82) is 0 Å². The average molecular weight is 269 g/mol. The van der Waals surface area contributed by atoms with Crippen molar-refractivity contribution >= 4 is 16.5 Å². The molecule has 4 heteroatoms. The van der Waals surface area contributed by atoms with Crippen molar-refractivity contribution in [3.05, 3.63) is 24.0 Å². The molecule has 1 fully saturated rings. The van der Waals surface area contributed by atoms with E-state index in [1.807, 2.05) is 0 Å². The molecule has 2 rings (SSSR count). The van der Waals surface area contributed by atoms with Gasteiger partial charge in [0, 0.05) is 5.25 Å². The van der Waals surface area contributed by atoms with E-state index in [0.717, 1.165) is 25.7 Å². The lowest BCUT2D eigenvalue weighted by atomic mass is 9.87. The summed E-state index contributed by atoms with van der Waals surface area (Å²) >= 11 is 0. The van der Waals surface area contributed by atoms with Gasteiger partial charge in [0.15, 0.2) is 0 Å². The SMILES string of the molecule is CCC1CCCC(S(=O)c2ccc(F)cc2N)C1. The molecule has 0 heterocycles. The van der Waals surface area contributed by atoms with Crippen LogP contribution in [0, 0.1) is 11.7 Å². The van der Waals surface area contributed by atoms with Crippen molar-refractivity contribution in [3.8, 4) is 0 Å². The van der Waals surface area contributed by atoms with E-state index in [1.54, 1.807) is 6.07 Å². The predicted molar refractivity (Wildman–Crippen MR) is 73.3 cm³/mol. The molecule has 100 valence electrons. The number of hydrogen-bond acceptors (Lipinski definition) is 2. The first-order valence-electron chi connectivity index (χ1n) is 6.57. The molecule has 18 heavy (non-hydrogen) atoms. The fourth-order valence-corrected chi connectivity index (χ4v) is 4.37. The number of rotatable bonds is 3. The van der Waals surface area contributed by atoms with Gasteiger partial charge < -0.3 is 5.73 Å². The second-order valence-corrected chi connectivity index (χ2v) is 6.74. The second kappa shape index (κ2) is 5.83. The van der Waals surface area contributed by atoms with Crippen LogP contribution in [0.3, 0.4) is 0 Å². The van der Waals surface area contributed by atoms with Crippen LogP contribution in [-0.4, -0.2) is 9.46 Å². The van der Waals surface area contributed by atoms with Crippen LogP contribution in [0.15, 0.2) is 23.1 Å². The topological polar surface area (TPSA) is 43.1 Å². The molecule has 0 aromatic heterocycles. The number of nitrogens with two attached hydrogens (primary N) is 1. The monoisotopic (exact) mass is 269 g/mol. The Labute approximate surface area is 110 Å². The van der Waals surface area contributed by atoms with Gasteiger partial charge in [0.25, 0.3) is 0 Å². The van der Waals surface area contributed by atoms with Crippen molar-refractivity contribution in [2.24, 2.45) is 5.92 Å². The number of benzene rings is 1. The molecular formula is C14H20FNOS. The van der Waals surface area contributed by atoms with Crippen molar-refractivity contribution in [2.45, 2.75) is 49.2 Å². The molecule has 1 aromatic carbocycles. The number of nitrogen functional groups attached to an aromatic ring is 1. The number of hydrogen-bond donors (Lipinski definition) is 1. The quantitative estimate of drug-likeness (QED) is 0.854. The molecule has 0 saturated heterocycles. The van der Waals surface area contributed by atoms with Crippen molar-refractivity contribution in [1.82, 2.24) is 0 Å². The van der Waals surface area contributed by atoms with Crippen molar-refractivity contribution in [2.75, 3.05) is 5.73 Å². The van der Waals surface area contributed by atoms with E-state index in [1.165, 1.54) is 18.6 Å². The highest BCUT2D eigenvalue weighted by Gasteiger charge is 2.27. The fraction of sp³-hybridized carbons (Fsp3) is 0.571. The van der Waals surface area contributed by atoms with Crippen molar-refractivity contribution < 1.29 is 8.60 Å². The molecule has 0 amide bonds. The standard InChI is InChI=1S/C14H20FNOS/c1-2-10-4-3-5-12(8-10)18(17)14-7-6-11(15)9-13(14)16/h6-7,9-10,12H,2-5,8,16H2,1H3. The zero-order chi connectivity index (χ0) is 13.1. The van der Waals surface area contributed by atoms with Crippen LogP contribution in [-0.2, 0) is 10.8 Å². The molecule has 1 aliphatic rings. The highest BCUT2D eigenvalue weighted by Crippen LogP contribution is 2.33. The Bertz CT molecular complexity index is 449. The van der Waals surface area contributed by atoms with Crippen LogP contribution in [0.5, 0.6) is 0 Å². The third-order valence-corrected chi connectivity index (χ3v) is 5.64. The maximum absolute atomic E-state index is 13.0. The minimum absolute atomic E-state index is 0.177. The maximum Gasteiger partial charge on any atom is 0.125 e. The largest absolute Gasteiger partial charge is 0.398 e. The maximum atomic E-state index is 13.0. The average Bonchev–Trinajstić information content (AvgIpc) is 2.38. The fourth-order valence-electron chi connectivity index (χ4n) is 2.69. The zero-order valence-electron chi connectivity index (χ0n) is 10.7. The van der Waals surface area contributed by atoms with Gasteiger partial charge in [0.1, 0.15) is 5.82 Å². The smallest absolute Gasteiger partial charge is 0.125 e. The molecule has 0 radical (unpaired) electrons. The Morgan fingerprint density at radius 2 is 2.22 bits per heavy atom. The number of halogens is 1. The summed E-state index contributed by atoms with van der Waals surface area (Å²) in [6, 6.07) is 4.16. The summed E-state index contributed by atoms with van der Waals surface area (Å²) in [5, 5.41) is 0.177. The van der Waals surface area contributed by atoms with Gasteiger partial charge in [-0.1, -0.05) is 26.2 Å². The summed E-state index contributed by atoms with van der Waals surface area (Å²) < 4.78 is 25.5. The van der Waals surface area contributed by atoms with Crippen LogP contribution in [0.2, 0.25) is 0 Å². The van der Waals surface area contributed by atoms with E-state index >= 15 is 0 Å². The van der Waals surface area contributed by atoms with E-state index in [0.29, 0.717) is 16.5 Å². The Kier molecular flexibility index (Phi) is 4.38. The van der Waals surface area contributed by atoms with Crippen LogP contribution >= 0.6 is 0 Å². The molecule has 1 aliphatic carbocycles. The van der Waals surface area contributed by atoms with Crippen LogP contribution in [0.4, 0.5) is 10.1 Å². The summed E-state index contributed by atoms with van der Waals surface area (Å²) in [6.07, 6.45) is 5.51. The summed E-state index contributed by atoms with van der Waals surface area (Å²) in [6.45, 7) is 2.18. The molecule has 0 bridgehead atoms. The van der Waals surface area contributed by atoms with Gasteiger partial charge in [-0.15, -0.1) is 0 Å². The lowest BCUT2D eigenvalue weighted by molar-refractivity contribution is 0.353. The van der Waals surface area contributed by atoms with E-state index in [-0.39, 0.29) is 11.1 Å². The Morgan fingerprint density at radius 3 is 2.89 bits per heavy atom. The molecule has 0 spiro atoms. The molecule has 1 aromatic rings. The molecule has 0 aliphatic heterocycles. The van der Waals surface area contributed by atoms with Gasteiger partial charge in [-0.05, 0) is 37.0 Å². The van der Waals surface area contributed by atoms with Gasteiger partial charge in [0.05, 0.1) is 21.4 Å². The Morgan fingerprint density at radius 1 is 1.44 bits per heavy atom. The molecule has 3 unspecified atom stereocenters. The molecule has 2 N–H and O–H groups in total. The third-order valence-electron chi connectivity index (χ3n) is 3.80. The number of anilines is 1. The minimum atomic E-state index is -1.10. The van der Waals surface area contributed by atoms with Crippen LogP contribution < -0.4 is 5.73 Å². The summed E-state index contributed by atoms with van der Waals surface area (Å²) in [5.41, 5.74) is 6.08. The highest BCUT2D eigenvalue weighted by molar-refractivity contribution is 7.85. The molecular weight excluding hydrogens is 249 g/mol. The van der Waals surface area contributed by atoms with E-state index < -0.39 is 10.8 Å². The highest BCUT2D eigenvalue weighted by atomic mass is 32.2. The molecule has 2 nitrogen and oxygen atoms in total. The second-order valence-electron chi connectivity index (χ2n) is 5.04. The summed E-state index contributed by atoms with van der Waals surface area (Å²) in [4.78, 5) is 0.596. The van der Waals surface area contributed by atoms with Crippen molar-refractivity contribution in [3.63, 3.8) is 0 Å². The van der Waals surface area contributed by atoms with Crippen LogP contribution in [0.1, 0.15) is 39.0 Å². The van der Waals surface area contributed by atoms with E-state index in [2.05, 4.69) is 6.92 Å². The Balaban J connectivity index is 2.15. The van der Waals surface area contributed by atoms with Gasteiger partial charge in [-0.3, -0.25) is 4.21 Å². The van der Waals surface area contributed by atoms with Gasteiger partial charge >= 0.3 is 0 Å². The predicted octanol–water partition coefficient (Wildman–Crippen LogP) is 3.48. The van der Waals surface area contributed by atoms with E-state index in [4.69, 9.17) is 5.73 Å². The molecule has 1 saturated carbocycles.